The maximum absolute atomic E-state index is 11.1. The average molecular weight is 556 g/mol. The van der Waals surface area contributed by atoms with Crippen molar-refractivity contribution >= 4 is 28.9 Å². The number of carbonyl (C=O) groups is 3. The minimum absolute atomic E-state index is 0.377. The molecule has 2 aromatic carbocycles. The second-order valence-electron chi connectivity index (χ2n) is 10.6. The van der Waals surface area contributed by atoms with Gasteiger partial charge in [-0.3, -0.25) is 14.5 Å². The van der Waals surface area contributed by atoms with Gasteiger partial charge in [-0.05, 0) is 51.3 Å². The first-order valence-corrected chi connectivity index (χ1v) is 13.1. The van der Waals surface area contributed by atoms with Gasteiger partial charge in [0.25, 0.3) is 0 Å². The normalized spacial score (nSPS) is 15.4. The largest absolute Gasteiger partial charge is 0.481 e. The number of aliphatic hydroxyl groups is 2. The van der Waals surface area contributed by atoms with Crippen molar-refractivity contribution in [2.24, 2.45) is 0 Å². The van der Waals surface area contributed by atoms with E-state index in [2.05, 4.69) is 72.7 Å². The zero-order valence-electron chi connectivity index (χ0n) is 22.9. The van der Waals surface area contributed by atoms with Gasteiger partial charge in [0, 0.05) is 19.1 Å². The number of aromatic nitrogens is 2. The molecule has 0 saturated carbocycles. The number of hydrogen-bond donors (Lipinski definition) is 5. The maximum atomic E-state index is 11.1. The van der Waals surface area contributed by atoms with Crippen molar-refractivity contribution in [3.05, 3.63) is 65.5 Å². The molecule has 1 aliphatic heterocycles. The van der Waals surface area contributed by atoms with E-state index in [1.807, 2.05) is 6.07 Å². The molecule has 2 heterocycles. The van der Waals surface area contributed by atoms with E-state index in [1.54, 1.807) is 0 Å². The molecule has 0 bridgehead atoms. The Morgan fingerprint density at radius 3 is 2.00 bits per heavy atom. The Kier molecular flexibility index (Phi) is 9.67. The van der Waals surface area contributed by atoms with Crippen LogP contribution in [0.25, 0.3) is 11.0 Å². The van der Waals surface area contributed by atoms with Gasteiger partial charge in [0.1, 0.15) is 5.82 Å². The first kappa shape index (κ1) is 30.7. The molecule has 3 aromatic rings. The summed E-state index contributed by atoms with van der Waals surface area (Å²) in [6, 6.07) is 17.1. The SMILES string of the molecule is Cc1ccc(C2(O)CCN(Cc3nc4ccccc4n3C(C)C)CC2)cc1.O=C(O)CC(O)(CC(=O)O)C(=O)O. The first-order chi connectivity index (χ1) is 18.7. The Bertz CT molecular complexity index is 1330. The van der Waals surface area contributed by atoms with Crippen molar-refractivity contribution in [1.82, 2.24) is 14.5 Å². The molecule has 0 unspecified atom stereocenters. The summed E-state index contributed by atoms with van der Waals surface area (Å²) in [4.78, 5) is 37.8. The van der Waals surface area contributed by atoms with E-state index in [0.29, 0.717) is 6.04 Å². The van der Waals surface area contributed by atoms with E-state index in [9.17, 15) is 19.5 Å². The molecule has 0 radical (unpaired) electrons. The Morgan fingerprint density at radius 2 is 1.50 bits per heavy atom. The van der Waals surface area contributed by atoms with Gasteiger partial charge in [0.2, 0.25) is 0 Å². The van der Waals surface area contributed by atoms with Gasteiger partial charge < -0.3 is 30.1 Å². The zero-order valence-corrected chi connectivity index (χ0v) is 22.9. The predicted octanol–water partition coefficient (Wildman–Crippen LogP) is 3.16. The van der Waals surface area contributed by atoms with E-state index in [1.165, 1.54) is 11.1 Å². The molecule has 1 saturated heterocycles. The zero-order chi connectivity index (χ0) is 29.7. The molecule has 1 aromatic heterocycles. The van der Waals surface area contributed by atoms with Gasteiger partial charge in [-0.1, -0.05) is 42.0 Å². The topological polar surface area (TPSA) is 173 Å². The van der Waals surface area contributed by atoms with Crippen LogP contribution in [0, 0.1) is 6.92 Å². The number of carboxylic acids is 3. The van der Waals surface area contributed by atoms with Crippen LogP contribution in [-0.2, 0) is 26.5 Å². The molecule has 1 fully saturated rings. The first-order valence-electron chi connectivity index (χ1n) is 13.1. The van der Waals surface area contributed by atoms with Gasteiger partial charge in [-0.25, -0.2) is 9.78 Å². The molecule has 0 atom stereocenters. The molecule has 0 spiro atoms. The number of aryl methyl sites for hydroxylation is 1. The Hall–Kier alpha value is -3.80. The van der Waals surface area contributed by atoms with Crippen LogP contribution in [0.15, 0.2) is 48.5 Å². The molecular formula is C29H37N3O8. The number of piperidine rings is 1. The number of carboxylic acid groups (broad SMARTS) is 3. The van der Waals surface area contributed by atoms with Crippen molar-refractivity contribution in [1.29, 1.82) is 0 Å². The molecule has 0 aliphatic carbocycles. The van der Waals surface area contributed by atoms with Gasteiger partial charge in [-0.2, -0.15) is 0 Å². The summed E-state index contributed by atoms with van der Waals surface area (Å²) < 4.78 is 2.34. The third-order valence-electron chi connectivity index (χ3n) is 7.11. The monoisotopic (exact) mass is 555 g/mol. The molecule has 0 amide bonds. The molecular weight excluding hydrogens is 518 g/mol. The number of imidazole rings is 1. The minimum atomic E-state index is -2.74. The van der Waals surface area contributed by atoms with Gasteiger partial charge in [-0.15, -0.1) is 0 Å². The lowest BCUT2D eigenvalue weighted by Gasteiger charge is -2.38. The fourth-order valence-corrected chi connectivity index (χ4v) is 4.93. The summed E-state index contributed by atoms with van der Waals surface area (Å²) in [7, 11) is 0. The fraction of sp³-hybridized carbons (Fsp3) is 0.448. The molecule has 4 rings (SSSR count). The lowest BCUT2D eigenvalue weighted by Crippen LogP contribution is -2.42. The van der Waals surface area contributed by atoms with Crippen molar-refractivity contribution < 1.29 is 39.9 Å². The number of benzene rings is 2. The van der Waals surface area contributed by atoms with Gasteiger partial charge in [0.15, 0.2) is 5.60 Å². The van der Waals surface area contributed by atoms with E-state index in [0.717, 1.165) is 49.4 Å². The van der Waals surface area contributed by atoms with E-state index in [-0.39, 0.29) is 0 Å². The summed E-state index contributed by atoms with van der Waals surface area (Å²) >= 11 is 0. The van der Waals surface area contributed by atoms with E-state index < -0.39 is 42.0 Å². The van der Waals surface area contributed by atoms with Crippen molar-refractivity contribution in [3.8, 4) is 0 Å². The van der Waals surface area contributed by atoms with Crippen LogP contribution in [0.2, 0.25) is 0 Å². The molecule has 216 valence electrons. The summed E-state index contributed by atoms with van der Waals surface area (Å²) in [5, 5.41) is 44.9. The number of para-hydroxylation sites is 2. The predicted molar refractivity (Wildman–Crippen MR) is 147 cm³/mol. The van der Waals surface area contributed by atoms with Crippen LogP contribution < -0.4 is 0 Å². The Balaban J connectivity index is 0.000000289. The van der Waals surface area contributed by atoms with Gasteiger partial charge in [0.05, 0.1) is 36.0 Å². The number of fused-ring (bicyclic) bond motifs is 1. The molecule has 1 aliphatic rings. The summed E-state index contributed by atoms with van der Waals surface area (Å²) in [5.41, 5.74) is 1.10. The second kappa shape index (κ2) is 12.6. The van der Waals surface area contributed by atoms with Crippen LogP contribution in [0.3, 0.4) is 0 Å². The van der Waals surface area contributed by atoms with Crippen LogP contribution in [0.4, 0.5) is 0 Å². The number of aliphatic carboxylic acids is 3. The standard InChI is InChI=1S/C23H29N3O.C6H8O7/c1-17(2)26-21-7-5-4-6-20(21)24-22(26)16-25-14-12-23(27,13-15-25)19-10-8-18(3)9-11-19;7-3(8)1-6(13,5(11)12)2-4(9)10/h4-11,17,27H,12-16H2,1-3H3;13H,1-2H2,(H,7,8)(H,9,10)(H,11,12). The summed E-state index contributed by atoms with van der Waals surface area (Å²) in [5.74, 6) is -3.90. The average Bonchev–Trinajstić information content (AvgIpc) is 3.23. The highest BCUT2D eigenvalue weighted by atomic mass is 16.4. The highest BCUT2D eigenvalue weighted by Gasteiger charge is 2.40. The highest BCUT2D eigenvalue weighted by molar-refractivity contribution is 5.88. The second-order valence-corrected chi connectivity index (χ2v) is 10.6. The third-order valence-corrected chi connectivity index (χ3v) is 7.11. The number of nitrogens with zero attached hydrogens (tertiary/aromatic N) is 3. The third kappa shape index (κ3) is 7.44. The molecule has 40 heavy (non-hydrogen) atoms. The van der Waals surface area contributed by atoms with Gasteiger partial charge >= 0.3 is 17.9 Å². The molecule has 11 heteroatoms. The van der Waals surface area contributed by atoms with E-state index >= 15 is 0 Å². The van der Waals surface area contributed by atoms with Crippen molar-refractivity contribution in [2.75, 3.05) is 13.1 Å². The molecule has 11 nitrogen and oxygen atoms in total. The van der Waals surface area contributed by atoms with Crippen LogP contribution in [-0.4, -0.2) is 76.6 Å². The number of likely N-dealkylation sites (tertiary alicyclic amines) is 1. The summed E-state index contributed by atoms with van der Waals surface area (Å²) in [6.07, 6.45) is -0.765. The van der Waals surface area contributed by atoms with E-state index in [4.69, 9.17) is 25.4 Å². The van der Waals surface area contributed by atoms with Crippen LogP contribution in [0.1, 0.15) is 62.5 Å². The number of rotatable bonds is 9. The minimum Gasteiger partial charge on any atom is -0.481 e. The fourth-order valence-electron chi connectivity index (χ4n) is 4.93. The Labute approximate surface area is 232 Å². The van der Waals surface area contributed by atoms with Crippen molar-refractivity contribution in [3.63, 3.8) is 0 Å². The number of hydrogen-bond acceptors (Lipinski definition) is 7. The quantitative estimate of drug-likeness (QED) is 0.264. The lowest BCUT2D eigenvalue weighted by molar-refractivity contribution is -0.170. The highest BCUT2D eigenvalue weighted by Crippen LogP contribution is 2.33. The smallest absolute Gasteiger partial charge is 0.336 e. The van der Waals surface area contributed by atoms with Crippen molar-refractivity contribution in [2.45, 2.75) is 70.2 Å². The Morgan fingerprint density at radius 1 is 0.950 bits per heavy atom. The van der Waals surface area contributed by atoms with Crippen LogP contribution in [0.5, 0.6) is 0 Å². The van der Waals surface area contributed by atoms with Crippen LogP contribution >= 0.6 is 0 Å². The molecule has 5 N–H and O–H groups in total. The maximum Gasteiger partial charge on any atom is 0.336 e. The summed E-state index contributed by atoms with van der Waals surface area (Å²) in [6.45, 7) is 9.10. The lowest BCUT2D eigenvalue weighted by atomic mass is 9.84.